The average Bonchev–Trinajstić information content (AvgIpc) is 3.44. The van der Waals surface area contributed by atoms with Crippen molar-refractivity contribution in [2.75, 3.05) is 51.3 Å². The van der Waals surface area contributed by atoms with Gasteiger partial charge in [-0.3, -0.25) is 9.59 Å². The number of likely N-dealkylation sites (tertiary alicyclic amines) is 1. The summed E-state index contributed by atoms with van der Waals surface area (Å²) in [6, 6.07) is 5.12. The average molecular weight is 474 g/mol. The van der Waals surface area contributed by atoms with Crippen LogP contribution in [-0.2, 0) is 24.5 Å². The molecule has 4 fully saturated rings. The number of benzene rings is 1. The number of esters is 1. The molecule has 1 saturated carbocycles. The first-order valence-corrected chi connectivity index (χ1v) is 12.0. The van der Waals surface area contributed by atoms with E-state index in [0.717, 1.165) is 5.69 Å². The Kier molecular flexibility index (Phi) is 5.29. The highest BCUT2D eigenvalue weighted by Crippen LogP contribution is 2.54. The third-order valence-corrected chi connectivity index (χ3v) is 8.35. The van der Waals surface area contributed by atoms with E-state index in [2.05, 4.69) is 0 Å². The lowest BCUT2D eigenvalue weighted by atomic mass is 9.74. The molecule has 3 heterocycles. The lowest BCUT2D eigenvalue weighted by Crippen LogP contribution is -2.48. The summed E-state index contributed by atoms with van der Waals surface area (Å²) in [5, 5.41) is 0. The first-order chi connectivity index (χ1) is 16.1. The van der Waals surface area contributed by atoms with Crippen molar-refractivity contribution in [3.63, 3.8) is 0 Å². The van der Waals surface area contributed by atoms with Gasteiger partial charge in [0.1, 0.15) is 11.4 Å². The van der Waals surface area contributed by atoms with Gasteiger partial charge in [-0.15, -0.1) is 0 Å². The minimum absolute atomic E-state index is 0.0681. The van der Waals surface area contributed by atoms with Crippen molar-refractivity contribution in [1.82, 2.24) is 9.80 Å². The van der Waals surface area contributed by atoms with E-state index >= 15 is 4.39 Å². The zero-order valence-corrected chi connectivity index (χ0v) is 20.1. The number of halogens is 1. The summed E-state index contributed by atoms with van der Waals surface area (Å²) < 4.78 is 25.9. The molecule has 1 aliphatic carbocycles. The molecule has 1 atom stereocenters. The number of anilines is 1. The maximum Gasteiger partial charge on any atom is 0.409 e. The van der Waals surface area contributed by atoms with E-state index in [4.69, 9.17) is 9.47 Å². The predicted octanol–water partition coefficient (Wildman–Crippen LogP) is 2.69. The molecule has 0 N–H and O–H groups in total. The van der Waals surface area contributed by atoms with Crippen molar-refractivity contribution in [2.45, 2.75) is 50.5 Å². The highest BCUT2D eigenvalue weighted by atomic mass is 19.1. The zero-order valence-electron chi connectivity index (χ0n) is 20.1. The van der Waals surface area contributed by atoms with Crippen LogP contribution in [0.3, 0.4) is 0 Å². The van der Waals surface area contributed by atoms with E-state index in [9.17, 15) is 14.4 Å². The number of methoxy groups -OCH3 is 1. The van der Waals surface area contributed by atoms with E-state index in [1.54, 1.807) is 15.9 Å². The van der Waals surface area contributed by atoms with Gasteiger partial charge in [-0.1, -0.05) is 19.9 Å². The SMILES string of the molecule is COC(=O)N1CCN(c2ccc(C3(C(=O)N4CCC5(C4)OC(=O)CC5(C)C)CC3)c(F)c2)CC1. The number of nitrogens with zero attached hydrogens (tertiary/aromatic N) is 3. The number of hydrogen-bond acceptors (Lipinski definition) is 6. The molecule has 1 spiro atoms. The maximum atomic E-state index is 15.4. The lowest BCUT2D eigenvalue weighted by Gasteiger charge is -2.36. The van der Waals surface area contributed by atoms with Gasteiger partial charge in [0, 0.05) is 55.8 Å². The molecule has 4 aliphatic rings. The van der Waals surface area contributed by atoms with Crippen LogP contribution in [0.15, 0.2) is 18.2 Å². The molecule has 1 aromatic rings. The van der Waals surface area contributed by atoms with Crippen molar-refractivity contribution in [1.29, 1.82) is 0 Å². The molecule has 1 aromatic carbocycles. The van der Waals surface area contributed by atoms with E-state index in [1.165, 1.54) is 13.2 Å². The van der Waals surface area contributed by atoms with Gasteiger partial charge in [0.25, 0.3) is 0 Å². The van der Waals surface area contributed by atoms with Crippen molar-refractivity contribution in [3.05, 3.63) is 29.6 Å². The Balaban J connectivity index is 1.29. The summed E-state index contributed by atoms with van der Waals surface area (Å²) >= 11 is 0. The van der Waals surface area contributed by atoms with Gasteiger partial charge in [-0.05, 0) is 25.0 Å². The Morgan fingerprint density at radius 1 is 1.03 bits per heavy atom. The standard InChI is InChI=1S/C25H32FN3O5/c1-23(2)15-20(30)34-25(23)8-9-29(16-25)21(31)24(6-7-24)18-5-4-17(14-19(18)26)27-10-12-28(13-11-27)22(32)33-3/h4-5,14H,6-13,15-16H2,1-3H3. The molecule has 2 amide bonds. The number of rotatable bonds is 3. The summed E-state index contributed by atoms with van der Waals surface area (Å²) in [4.78, 5) is 42.7. The zero-order chi connectivity index (χ0) is 24.3. The van der Waals surface area contributed by atoms with Crippen LogP contribution in [0, 0.1) is 11.2 Å². The lowest BCUT2D eigenvalue weighted by molar-refractivity contribution is -0.151. The second-order valence-corrected chi connectivity index (χ2v) is 10.7. The highest BCUT2D eigenvalue weighted by molar-refractivity contribution is 5.92. The third-order valence-electron chi connectivity index (χ3n) is 8.35. The van der Waals surface area contributed by atoms with Crippen LogP contribution < -0.4 is 4.90 Å². The van der Waals surface area contributed by atoms with Gasteiger partial charge in [-0.2, -0.15) is 0 Å². The van der Waals surface area contributed by atoms with Crippen LogP contribution in [0.25, 0.3) is 0 Å². The number of hydrogen-bond donors (Lipinski definition) is 0. The second-order valence-electron chi connectivity index (χ2n) is 10.7. The fourth-order valence-corrected chi connectivity index (χ4v) is 5.90. The van der Waals surface area contributed by atoms with Gasteiger partial charge in [0.05, 0.1) is 25.5 Å². The number of piperazine rings is 1. The van der Waals surface area contributed by atoms with Crippen LogP contribution in [0.4, 0.5) is 14.9 Å². The molecule has 3 saturated heterocycles. The largest absolute Gasteiger partial charge is 0.456 e. The molecule has 0 aromatic heterocycles. The molecule has 3 aliphatic heterocycles. The number of carbonyl (C=O) groups excluding carboxylic acids is 3. The Hall–Kier alpha value is -2.84. The normalized spacial score (nSPS) is 27.2. The monoisotopic (exact) mass is 473 g/mol. The molecule has 34 heavy (non-hydrogen) atoms. The summed E-state index contributed by atoms with van der Waals surface area (Å²) in [6.07, 6.45) is 1.85. The van der Waals surface area contributed by atoms with Crippen LogP contribution in [0.1, 0.15) is 45.1 Å². The molecule has 184 valence electrons. The van der Waals surface area contributed by atoms with E-state index in [0.29, 0.717) is 70.5 Å². The maximum absolute atomic E-state index is 15.4. The summed E-state index contributed by atoms with van der Waals surface area (Å²) in [5.74, 6) is -0.656. The van der Waals surface area contributed by atoms with E-state index in [-0.39, 0.29) is 29.2 Å². The number of carbonyl (C=O) groups is 3. The summed E-state index contributed by atoms with van der Waals surface area (Å²) in [6.45, 7) is 7.11. The fraction of sp³-hybridized carbons (Fsp3) is 0.640. The van der Waals surface area contributed by atoms with Crippen molar-refractivity contribution in [3.8, 4) is 0 Å². The van der Waals surface area contributed by atoms with Gasteiger partial charge >= 0.3 is 12.1 Å². The smallest absolute Gasteiger partial charge is 0.409 e. The Labute approximate surface area is 198 Å². The Morgan fingerprint density at radius 3 is 2.29 bits per heavy atom. The molecular weight excluding hydrogens is 441 g/mol. The van der Waals surface area contributed by atoms with Crippen LogP contribution in [0.2, 0.25) is 0 Å². The van der Waals surface area contributed by atoms with Crippen molar-refractivity contribution in [2.24, 2.45) is 5.41 Å². The van der Waals surface area contributed by atoms with Crippen LogP contribution in [0.5, 0.6) is 0 Å². The predicted molar refractivity (Wildman–Crippen MR) is 122 cm³/mol. The minimum atomic E-state index is -0.829. The van der Waals surface area contributed by atoms with Crippen molar-refractivity contribution >= 4 is 23.7 Å². The molecule has 9 heteroatoms. The Morgan fingerprint density at radius 2 is 1.74 bits per heavy atom. The van der Waals surface area contributed by atoms with E-state index < -0.39 is 11.0 Å². The van der Waals surface area contributed by atoms with Gasteiger partial charge in [0.2, 0.25) is 5.91 Å². The molecular formula is C25H32FN3O5. The highest BCUT2D eigenvalue weighted by Gasteiger charge is 2.62. The van der Waals surface area contributed by atoms with Crippen LogP contribution >= 0.6 is 0 Å². The first kappa shape index (κ1) is 22.9. The summed E-state index contributed by atoms with van der Waals surface area (Å²) in [5.41, 5.74) is -0.623. The Bertz CT molecular complexity index is 1030. The second kappa shape index (κ2) is 7.85. The minimum Gasteiger partial charge on any atom is -0.456 e. The third kappa shape index (κ3) is 3.51. The molecule has 8 nitrogen and oxygen atoms in total. The van der Waals surface area contributed by atoms with Crippen molar-refractivity contribution < 1.29 is 28.2 Å². The van der Waals surface area contributed by atoms with Gasteiger partial charge < -0.3 is 24.2 Å². The van der Waals surface area contributed by atoms with Gasteiger partial charge in [-0.25, -0.2) is 9.18 Å². The molecule has 1 unspecified atom stereocenters. The first-order valence-electron chi connectivity index (χ1n) is 12.0. The van der Waals surface area contributed by atoms with Crippen LogP contribution in [-0.4, -0.2) is 79.7 Å². The molecule has 0 radical (unpaired) electrons. The van der Waals surface area contributed by atoms with E-state index in [1.807, 2.05) is 24.8 Å². The molecule has 5 rings (SSSR count). The number of amides is 2. The number of ether oxygens (including phenoxy) is 2. The summed E-state index contributed by atoms with van der Waals surface area (Å²) in [7, 11) is 1.36. The van der Waals surface area contributed by atoms with Gasteiger partial charge in [0.15, 0.2) is 0 Å². The molecule has 0 bridgehead atoms. The topological polar surface area (TPSA) is 79.4 Å². The quantitative estimate of drug-likeness (QED) is 0.628. The fourth-order valence-electron chi connectivity index (χ4n) is 5.90.